The number of hydrogen-bond donors (Lipinski definition) is 2. The lowest BCUT2D eigenvalue weighted by Gasteiger charge is -2.11. The molecule has 1 heterocycles. The Kier molecular flexibility index (Phi) is 4.36. The molecule has 0 atom stereocenters. The first-order chi connectivity index (χ1) is 7.89. The molecule has 2 N–H and O–H groups in total. The molecule has 0 unspecified atom stereocenters. The van der Waals surface area contributed by atoms with E-state index in [0.29, 0.717) is 12.0 Å². The van der Waals surface area contributed by atoms with Gasteiger partial charge in [-0.15, -0.1) is 0 Å². The van der Waals surface area contributed by atoms with Crippen molar-refractivity contribution in [3.8, 4) is 5.75 Å². The predicted molar refractivity (Wildman–Crippen MR) is 57.7 cm³/mol. The summed E-state index contributed by atoms with van der Waals surface area (Å²) in [6.07, 6.45) is 1.85. The number of nitrogens with zero attached hydrogens (tertiary/aromatic N) is 1. The van der Waals surface area contributed by atoms with Crippen LogP contribution in [0.15, 0.2) is 6.20 Å². The summed E-state index contributed by atoms with van der Waals surface area (Å²) in [6.45, 7) is 1.24. The third-order valence-corrected chi connectivity index (χ3v) is 2.51. The van der Waals surface area contributed by atoms with Gasteiger partial charge in [-0.1, -0.05) is 0 Å². The SMILES string of the molecule is COc1c(C)ncc(COP(=O)(O)O)c1C=O. The number of phosphoric acid groups is 1. The van der Waals surface area contributed by atoms with Gasteiger partial charge in [0.1, 0.15) is 0 Å². The zero-order valence-electron chi connectivity index (χ0n) is 9.28. The molecule has 0 aliphatic rings. The van der Waals surface area contributed by atoms with Crippen LogP contribution in [-0.2, 0) is 15.7 Å². The molecule has 17 heavy (non-hydrogen) atoms. The van der Waals surface area contributed by atoms with Crippen LogP contribution in [-0.4, -0.2) is 28.2 Å². The number of carbonyl (C=O) groups is 1. The normalized spacial score (nSPS) is 11.3. The van der Waals surface area contributed by atoms with E-state index in [4.69, 9.17) is 14.5 Å². The Balaban J connectivity index is 3.08. The average molecular weight is 261 g/mol. The number of carbonyl (C=O) groups excluding carboxylic acids is 1. The number of aldehydes is 1. The summed E-state index contributed by atoms with van der Waals surface area (Å²) in [6, 6.07) is 0. The number of pyridine rings is 1. The van der Waals surface area contributed by atoms with Crippen molar-refractivity contribution in [2.75, 3.05) is 7.11 Å². The Morgan fingerprint density at radius 3 is 2.65 bits per heavy atom. The molecule has 0 fully saturated rings. The highest BCUT2D eigenvalue weighted by Gasteiger charge is 2.18. The zero-order valence-corrected chi connectivity index (χ0v) is 10.2. The first-order valence-corrected chi connectivity index (χ1v) is 6.09. The highest BCUT2D eigenvalue weighted by molar-refractivity contribution is 7.46. The molecule has 0 bridgehead atoms. The van der Waals surface area contributed by atoms with E-state index in [1.165, 1.54) is 13.3 Å². The van der Waals surface area contributed by atoms with E-state index in [9.17, 15) is 9.36 Å². The molecule has 1 aromatic heterocycles. The molecule has 0 saturated heterocycles. The number of phosphoric ester groups is 1. The Labute approximate surface area is 97.6 Å². The zero-order chi connectivity index (χ0) is 13.1. The van der Waals surface area contributed by atoms with Gasteiger partial charge in [0.25, 0.3) is 0 Å². The minimum Gasteiger partial charge on any atom is -0.494 e. The molecule has 0 saturated carbocycles. The number of aromatic nitrogens is 1. The first-order valence-electron chi connectivity index (χ1n) is 4.56. The van der Waals surface area contributed by atoms with Crippen molar-refractivity contribution in [2.24, 2.45) is 0 Å². The second-order valence-corrected chi connectivity index (χ2v) is 4.44. The van der Waals surface area contributed by atoms with Crippen LogP contribution >= 0.6 is 7.82 Å². The van der Waals surface area contributed by atoms with Crippen molar-refractivity contribution in [3.63, 3.8) is 0 Å². The van der Waals surface area contributed by atoms with Gasteiger partial charge in [-0.05, 0) is 6.92 Å². The summed E-state index contributed by atoms with van der Waals surface area (Å²) < 4.78 is 19.9. The molecule has 0 radical (unpaired) electrons. The van der Waals surface area contributed by atoms with Crippen molar-refractivity contribution >= 4 is 14.1 Å². The maximum absolute atomic E-state index is 10.9. The minimum atomic E-state index is -4.58. The Morgan fingerprint density at radius 2 is 2.18 bits per heavy atom. The molecule has 1 aromatic rings. The topological polar surface area (TPSA) is 106 Å². The lowest BCUT2D eigenvalue weighted by molar-refractivity contribution is 0.111. The van der Waals surface area contributed by atoms with Gasteiger partial charge in [0, 0.05) is 11.8 Å². The van der Waals surface area contributed by atoms with E-state index >= 15 is 0 Å². The summed E-state index contributed by atoms with van der Waals surface area (Å²) in [5.41, 5.74) is 0.939. The van der Waals surface area contributed by atoms with Crippen LogP contribution in [0.3, 0.4) is 0 Å². The van der Waals surface area contributed by atoms with Crippen LogP contribution in [0.4, 0.5) is 0 Å². The quantitative estimate of drug-likeness (QED) is 0.597. The largest absolute Gasteiger partial charge is 0.494 e. The summed E-state index contributed by atoms with van der Waals surface area (Å²) in [7, 11) is -3.20. The molecule has 0 aliphatic heterocycles. The van der Waals surface area contributed by atoms with E-state index in [1.807, 2.05) is 0 Å². The van der Waals surface area contributed by atoms with Crippen molar-refractivity contribution in [1.29, 1.82) is 0 Å². The summed E-state index contributed by atoms with van der Waals surface area (Å²) >= 11 is 0. The highest BCUT2D eigenvalue weighted by atomic mass is 31.2. The molecule has 0 aliphatic carbocycles. The Hall–Kier alpha value is -1.27. The number of methoxy groups -OCH3 is 1. The molecule has 1 rings (SSSR count). The van der Waals surface area contributed by atoms with Crippen molar-refractivity contribution in [1.82, 2.24) is 4.98 Å². The smallest absolute Gasteiger partial charge is 0.469 e. The number of aryl methyl sites for hydroxylation is 1. The molecule has 0 amide bonds. The minimum absolute atomic E-state index is 0.174. The third kappa shape index (κ3) is 3.61. The number of hydrogen-bond acceptors (Lipinski definition) is 5. The summed E-state index contributed by atoms with van der Waals surface area (Å²) in [5.74, 6) is 0.270. The van der Waals surface area contributed by atoms with Gasteiger partial charge in [0.2, 0.25) is 0 Å². The van der Waals surface area contributed by atoms with Crippen molar-refractivity contribution in [2.45, 2.75) is 13.5 Å². The van der Waals surface area contributed by atoms with Crippen LogP contribution in [0.5, 0.6) is 5.75 Å². The third-order valence-electron chi connectivity index (χ3n) is 2.04. The lowest BCUT2D eigenvalue weighted by atomic mass is 10.1. The second-order valence-electron chi connectivity index (χ2n) is 3.20. The molecule has 7 nitrogen and oxygen atoms in total. The van der Waals surface area contributed by atoms with Gasteiger partial charge in [-0.2, -0.15) is 0 Å². The van der Waals surface area contributed by atoms with Gasteiger partial charge in [0.05, 0.1) is 25.0 Å². The fourth-order valence-electron chi connectivity index (χ4n) is 1.30. The van der Waals surface area contributed by atoms with Gasteiger partial charge < -0.3 is 14.5 Å². The molecule has 0 aromatic carbocycles. The highest BCUT2D eigenvalue weighted by Crippen LogP contribution is 2.37. The van der Waals surface area contributed by atoms with E-state index < -0.39 is 14.4 Å². The fourth-order valence-corrected chi connectivity index (χ4v) is 1.61. The number of ether oxygens (including phenoxy) is 1. The average Bonchev–Trinajstić information content (AvgIpc) is 2.25. The van der Waals surface area contributed by atoms with Crippen LogP contribution in [0, 0.1) is 6.92 Å². The molecule has 94 valence electrons. The summed E-state index contributed by atoms with van der Waals surface area (Å²) in [5, 5.41) is 0. The summed E-state index contributed by atoms with van der Waals surface area (Å²) in [4.78, 5) is 32.0. The van der Waals surface area contributed by atoms with Crippen LogP contribution < -0.4 is 4.74 Å². The maximum atomic E-state index is 10.9. The van der Waals surface area contributed by atoms with E-state index in [1.54, 1.807) is 6.92 Å². The second kappa shape index (κ2) is 5.37. The lowest BCUT2D eigenvalue weighted by Crippen LogP contribution is -2.03. The maximum Gasteiger partial charge on any atom is 0.469 e. The first kappa shape index (κ1) is 13.8. The Bertz CT molecular complexity index is 469. The van der Waals surface area contributed by atoms with Crippen molar-refractivity contribution in [3.05, 3.63) is 23.0 Å². The molecule has 8 heteroatoms. The number of rotatable bonds is 5. The Morgan fingerprint density at radius 1 is 1.53 bits per heavy atom. The van der Waals surface area contributed by atoms with E-state index in [-0.39, 0.29) is 16.9 Å². The molecular formula is C9H12NO6P. The molecule has 0 spiro atoms. The van der Waals surface area contributed by atoms with Crippen LogP contribution in [0.1, 0.15) is 21.6 Å². The van der Waals surface area contributed by atoms with Gasteiger partial charge >= 0.3 is 7.82 Å². The van der Waals surface area contributed by atoms with Crippen molar-refractivity contribution < 1.29 is 28.4 Å². The van der Waals surface area contributed by atoms with Gasteiger partial charge in [-0.3, -0.25) is 14.3 Å². The van der Waals surface area contributed by atoms with Gasteiger partial charge in [0.15, 0.2) is 12.0 Å². The van der Waals surface area contributed by atoms with Crippen LogP contribution in [0.2, 0.25) is 0 Å². The predicted octanol–water partition coefficient (Wildman–Crippen LogP) is 0.820. The standard InChI is InChI=1S/C9H12NO6P/c1-6-9(15-2)8(4-11)7(3-10-6)5-16-17(12,13)14/h3-4H,5H2,1-2H3,(H2,12,13,14). The molecular weight excluding hydrogens is 249 g/mol. The monoisotopic (exact) mass is 261 g/mol. The van der Waals surface area contributed by atoms with Crippen LogP contribution in [0.25, 0.3) is 0 Å². The van der Waals surface area contributed by atoms with Gasteiger partial charge in [-0.25, -0.2) is 4.57 Å². The van der Waals surface area contributed by atoms with E-state index in [0.717, 1.165) is 0 Å². The van der Waals surface area contributed by atoms with E-state index in [2.05, 4.69) is 9.51 Å². The fraction of sp³-hybridized carbons (Fsp3) is 0.333.